The molecule has 0 radical (unpaired) electrons. The number of fused-ring (bicyclic) bond motifs is 1. The van der Waals surface area contributed by atoms with E-state index in [0.29, 0.717) is 36.9 Å². The number of halogens is 1. The van der Waals surface area contributed by atoms with Crippen molar-refractivity contribution in [2.24, 2.45) is 0 Å². The number of thiophene rings is 1. The lowest BCUT2D eigenvalue weighted by Gasteiger charge is -2.38. The molecule has 4 aromatic rings. The summed E-state index contributed by atoms with van der Waals surface area (Å²) in [6, 6.07) is 13.9. The zero-order valence-electron chi connectivity index (χ0n) is 18.4. The minimum absolute atomic E-state index is 0.117. The smallest absolute Gasteiger partial charge is 0.252 e. The molecule has 3 aromatic heterocycles. The lowest BCUT2D eigenvalue weighted by Crippen LogP contribution is -2.44. The number of aromatic nitrogens is 3. The van der Waals surface area contributed by atoms with Gasteiger partial charge in [0.1, 0.15) is 0 Å². The molecule has 33 heavy (non-hydrogen) atoms. The van der Waals surface area contributed by atoms with Gasteiger partial charge in [-0.05, 0) is 55.0 Å². The Hall–Kier alpha value is -2.74. The number of benzene rings is 1. The number of ether oxygens (including phenoxy) is 1. The molecule has 6 nitrogen and oxygen atoms in total. The number of pyridine rings is 1. The molecule has 170 valence electrons. The SMILES string of the molecule is Cc1cc(C(=O)NCC2(c3cccc(Cl)c3)CCOCC2)c2cnn(Cc3cccs3)c2n1. The third kappa shape index (κ3) is 4.53. The van der Waals surface area contributed by atoms with E-state index in [1.54, 1.807) is 17.5 Å². The van der Waals surface area contributed by atoms with Crippen LogP contribution in [0.15, 0.2) is 54.0 Å². The molecule has 1 saturated heterocycles. The van der Waals surface area contributed by atoms with E-state index in [1.807, 2.05) is 47.3 Å². The lowest BCUT2D eigenvalue weighted by molar-refractivity contribution is 0.0487. The van der Waals surface area contributed by atoms with E-state index in [-0.39, 0.29) is 11.3 Å². The Morgan fingerprint density at radius 2 is 2.09 bits per heavy atom. The van der Waals surface area contributed by atoms with Crippen LogP contribution in [0.2, 0.25) is 5.02 Å². The highest BCUT2D eigenvalue weighted by molar-refractivity contribution is 7.09. The standard InChI is InChI=1S/C25H25ClN4O2S/c1-17-12-21(22-14-28-30(23(22)29-17)15-20-6-3-11-33-20)24(31)27-16-25(7-9-32-10-8-25)18-4-2-5-19(26)13-18/h2-6,11-14H,7-10,15-16H2,1H3,(H,27,31). The average Bonchev–Trinajstić information content (AvgIpc) is 3.48. The van der Waals surface area contributed by atoms with Crippen LogP contribution in [0.1, 0.15) is 39.3 Å². The van der Waals surface area contributed by atoms with Crippen LogP contribution in [0.4, 0.5) is 0 Å². The molecule has 0 aliphatic carbocycles. The van der Waals surface area contributed by atoms with Crippen LogP contribution in [0.5, 0.6) is 0 Å². The third-order valence-electron chi connectivity index (χ3n) is 6.34. The quantitative estimate of drug-likeness (QED) is 0.422. The van der Waals surface area contributed by atoms with Gasteiger partial charge < -0.3 is 10.1 Å². The van der Waals surface area contributed by atoms with E-state index in [2.05, 4.69) is 27.5 Å². The first-order chi connectivity index (χ1) is 16.0. The fourth-order valence-electron chi connectivity index (χ4n) is 4.52. The van der Waals surface area contributed by atoms with Crippen LogP contribution in [-0.4, -0.2) is 40.4 Å². The molecule has 1 amide bonds. The summed E-state index contributed by atoms with van der Waals surface area (Å²) in [5.41, 5.74) is 3.05. The number of hydrogen-bond donors (Lipinski definition) is 1. The molecule has 0 spiro atoms. The Morgan fingerprint density at radius 1 is 1.24 bits per heavy atom. The summed E-state index contributed by atoms with van der Waals surface area (Å²) in [4.78, 5) is 19.3. The van der Waals surface area contributed by atoms with Crippen LogP contribution in [0.3, 0.4) is 0 Å². The minimum atomic E-state index is -0.205. The van der Waals surface area contributed by atoms with Crippen molar-refractivity contribution in [3.05, 3.63) is 80.8 Å². The highest BCUT2D eigenvalue weighted by Gasteiger charge is 2.35. The van der Waals surface area contributed by atoms with Crippen molar-refractivity contribution >= 4 is 39.9 Å². The van der Waals surface area contributed by atoms with Gasteiger partial charge in [0, 0.05) is 40.8 Å². The minimum Gasteiger partial charge on any atom is -0.381 e. The second-order valence-corrected chi connectivity index (χ2v) is 9.98. The highest BCUT2D eigenvalue weighted by Crippen LogP contribution is 2.35. The fourth-order valence-corrected chi connectivity index (χ4v) is 5.40. The zero-order valence-corrected chi connectivity index (χ0v) is 20.0. The van der Waals surface area contributed by atoms with Crippen molar-refractivity contribution in [1.29, 1.82) is 0 Å². The second kappa shape index (κ2) is 9.25. The monoisotopic (exact) mass is 480 g/mol. The molecular formula is C25H25ClN4O2S. The summed E-state index contributed by atoms with van der Waals surface area (Å²) >= 11 is 7.97. The van der Waals surface area contributed by atoms with Crippen molar-refractivity contribution in [3.8, 4) is 0 Å². The van der Waals surface area contributed by atoms with Crippen molar-refractivity contribution in [2.75, 3.05) is 19.8 Å². The molecular weight excluding hydrogens is 456 g/mol. The maximum atomic E-state index is 13.4. The molecule has 1 fully saturated rings. The predicted octanol–water partition coefficient (Wildman–Crippen LogP) is 4.98. The van der Waals surface area contributed by atoms with Crippen LogP contribution < -0.4 is 5.32 Å². The predicted molar refractivity (Wildman–Crippen MR) is 131 cm³/mol. The van der Waals surface area contributed by atoms with E-state index in [4.69, 9.17) is 16.3 Å². The van der Waals surface area contributed by atoms with Crippen molar-refractivity contribution in [3.63, 3.8) is 0 Å². The normalized spacial score (nSPS) is 15.6. The number of aryl methyl sites for hydroxylation is 1. The number of hydrogen-bond acceptors (Lipinski definition) is 5. The summed E-state index contributed by atoms with van der Waals surface area (Å²) in [5, 5.41) is 11.2. The van der Waals surface area contributed by atoms with Gasteiger partial charge in [-0.15, -0.1) is 11.3 Å². The summed E-state index contributed by atoms with van der Waals surface area (Å²) in [6.07, 6.45) is 3.40. The van der Waals surface area contributed by atoms with E-state index in [9.17, 15) is 4.79 Å². The largest absolute Gasteiger partial charge is 0.381 e. The summed E-state index contributed by atoms with van der Waals surface area (Å²) in [5.74, 6) is -0.117. The van der Waals surface area contributed by atoms with Gasteiger partial charge in [-0.1, -0.05) is 29.8 Å². The lowest BCUT2D eigenvalue weighted by atomic mass is 9.74. The van der Waals surface area contributed by atoms with Gasteiger partial charge in [0.05, 0.1) is 23.7 Å². The number of carbonyl (C=O) groups is 1. The van der Waals surface area contributed by atoms with Crippen molar-refractivity contribution < 1.29 is 9.53 Å². The number of nitrogens with one attached hydrogen (secondary N) is 1. The molecule has 8 heteroatoms. The molecule has 5 rings (SSSR count). The number of carbonyl (C=O) groups excluding carboxylic acids is 1. The maximum Gasteiger partial charge on any atom is 0.252 e. The van der Waals surface area contributed by atoms with E-state index < -0.39 is 0 Å². The van der Waals surface area contributed by atoms with Crippen LogP contribution in [0.25, 0.3) is 11.0 Å². The summed E-state index contributed by atoms with van der Waals surface area (Å²) in [7, 11) is 0. The second-order valence-electron chi connectivity index (χ2n) is 8.52. The number of nitrogens with zero attached hydrogens (tertiary/aromatic N) is 3. The first-order valence-electron chi connectivity index (χ1n) is 11.0. The van der Waals surface area contributed by atoms with Crippen LogP contribution in [0, 0.1) is 6.92 Å². The maximum absolute atomic E-state index is 13.4. The molecule has 0 atom stereocenters. The molecule has 1 N–H and O–H groups in total. The highest BCUT2D eigenvalue weighted by atomic mass is 35.5. The van der Waals surface area contributed by atoms with E-state index >= 15 is 0 Å². The van der Waals surface area contributed by atoms with Gasteiger partial charge in [-0.2, -0.15) is 5.10 Å². The number of amides is 1. The van der Waals surface area contributed by atoms with Gasteiger partial charge in [0.25, 0.3) is 5.91 Å². The topological polar surface area (TPSA) is 69.0 Å². The number of rotatable bonds is 6. The first-order valence-corrected chi connectivity index (χ1v) is 12.3. The molecule has 0 saturated carbocycles. The van der Waals surface area contributed by atoms with Crippen molar-refractivity contribution in [2.45, 2.75) is 31.7 Å². The molecule has 1 aliphatic heterocycles. The average molecular weight is 481 g/mol. The zero-order chi connectivity index (χ0) is 22.8. The summed E-state index contributed by atoms with van der Waals surface area (Å²) < 4.78 is 7.48. The van der Waals surface area contributed by atoms with Gasteiger partial charge in [-0.25, -0.2) is 9.67 Å². The Bertz CT molecular complexity index is 1280. The Kier molecular flexibility index (Phi) is 6.19. The molecule has 0 unspecified atom stereocenters. The Morgan fingerprint density at radius 3 is 2.85 bits per heavy atom. The Balaban J connectivity index is 1.42. The van der Waals surface area contributed by atoms with Crippen LogP contribution in [-0.2, 0) is 16.7 Å². The fraction of sp³-hybridized carbons (Fsp3) is 0.320. The molecule has 1 aliphatic rings. The van der Waals surface area contributed by atoms with E-state index in [1.165, 1.54) is 4.88 Å². The van der Waals surface area contributed by atoms with Gasteiger partial charge in [0.15, 0.2) is 5.65 Å². The van der Waals surface area contributed by atoms with Gasteiger partial charge >= 0.3 is 0 Å². The Labute approximate surface area is 201 Å². The van der Waals surface area contributed by atoms with Gasteiger partial charge in [-0.3, -0.25) is 4.79 Å². The van der Waals surface area contributed by atoms with Gasteiger partial charge in [0.2, 0.25) is 0 Å². The molecule has 1 aromatic carbocycles. The van der Waals surface area contributed by atoms with Crippen molar-refractivity contribution in [1.82, 2.24) is 20.1 Å². The van der Waals surface area contributed by atoms with Crippen LogP contribution >= 0.6 is 22.9 Å². The molecule has 0 bridgehead atoms. The van der Waals surface area contributed by atoms with E-state index in [0.717, 1.165) is 35.1 Å². The molecule has 4 heterocycles. The first kappa shape index (κ1) is 22.1. The third-order valence-corrected chi connectivity index (χ3v) is 7.44. The summed E-state index contributed by atoms with van der Waals surface area (Å²) in [6.45, 7) is 4.38.